The van der Waals surface area contributed by atoms with Gasteiger partial charge >= 0.3 is 0 Å². The molecule has 0 aliphatic carbocycles. The zero-order valence-electron chi connectivity index (χ0n) is 16.7. The van der Waals surface area contributed by atoms with Crippen molar-refractivity contribution >= 4 is 45.1 Å². The number of rotatable bonds is 3. The minimum atomic E-state index is -0.533. The van der Waals surface area contributed by atoms with Crippen molar-refractivity contribution in [3.05, 3.63) is 91.1 Å². The van der Waals surface area contributed by atoms with E-state index in [1.807, 2.05) is 6.07 Å². The fourth-order valence-corrected chi connectivity index (χ4v) is 4.55. The number of para-hydroxylation sites is 2. The Morgan fingerprint density at radius 2 is 1.75 bits per heavy atom. The monoisotopic (exact) mass is 445 g/mol. The molecule has 5 rings (SSSR count). The molecule has 2 amide bonds. The zero-order chi connectivity index (χ0) is 22.4. The Balaban J connectivity index is 1.62. The van der Waals surface area contributed by atoms with E-state index in [1.54, 1.807) is 48.5 Å². The number of aryl methyl sites for hydroxylation is 1. The Labute approximate surface area is 184 Å². The average Bonchev–Trinajstić information content (AvgIpc) is 3.23. The third-order valence-electron chi connectivity index (χ3n) is 5.03. The lowest BCUT2D eigenvalue weighted by molar-refractivity contribution is -0.118. The van der Waals surface area contributed by atoms with Gasteiger partial charge in [-0.2, -0.15) is 14.6 Å². The number of fused-ring (bicyclic) bond motifs is 2. The number of hydrogen-bond donors (Lipinski definition) is 1. The Kier molecular flexibility index (Phi) is 4.63. The van der Waals surface area contributed by atoms with Crippen LogP contribution in [0.2, 0.25) is 0 Å². The van der Waals surface area contributed by atoms with Gasteiger partial charge in [-0.3, -0.25) is 24.1 Å². The summed E-state index contributed by atoms with van der Waals surface area (Å²) < 4.78 is 1.16. The molecule has 0 unspecified atom stereocenters. The molecule has 0 bridgehead atoms. The van der Waals surface area contributed by atoms with Gasteiger partial charge in [-0.05, 0) is 25.1 Å². The largest absolute Gasteiger partial charge is 0.325 e. The summed E-state index contributed by atoms with van der Waals surface area (Å²) in [6, 6.07) is 15.9. The number of nitrogens with zero attached hydrogens (tertiary/aromatic N) is 4. The van der Waals surface area contributed by atoms with Crippen LogP contribution < -0.4 is 25.9 Å². The molecule has 0 saturated heterocycles. The molecule has 0 atom stereocenters. The summed E-state index contributed by atoms with van der Waals surface area (Å²) in [5, 5.41) is 6.76. The summed E-state index contributed by atoms with van der Waals surface area (Å²) in [4.78, 5) is 56.2. The van der Waals surface area contributed by atoms with Gasteiger partial charge in [0, 0.05) is 11.3 Å². The molecule has 0 spiro atoms. The number of benzene rings is 2. The Bertz CT molecular complexity index is 1580. The van der Waals surface area contributed by atoms with E-state index in [2.05, 4.69) is 15.4 Å². The van der Waals surface area contributed by atoms with Gasteiger partial charge in [0.25, 0.3) is 17.0 Å². The molecule has 0 fully saturated rings. The zero-order valence-corrected chi connectivity index (χ0v) is 17.5. The average molecular weight is 445 g/mol. The number of carbonyl (C=O) groups is 2. The highest BCUT2D eigenvalue weighted by molar-refractivity contribution is 7.15. The molecule has 3 heterocycles. The second-order valence-corrected chi connectivity index (χ2v) is 8.11. The van der Waals surface area contributed by atoms with E-state index in [9.17, 15) is 19.2 Å². The summed E-state index contributed by atoms with van der Waals surface area (Å²) in [5.74, 6) is -0.846. The number of carbonyl (C=O) groups excluding carboxylic acids is 2. The summed E-state index contributed by atoms with van der Waals surface area (Å²) in [6.07, 6.45) is 0. The summed E-state index contributed by atoms with van der Waals surface area (Å²) in [6.45, 7) is 1.25. The molecule has 32 heavy (non-hydrogen) atoms. The summed E-state index contributed by atoms with van der Waals surface area (Å²) >= 11 is 0.927. The van der Waals surface area contributed by atoms with Crippen molar-refractivity contribution in [2.45, 2.75) is 6.92 Å². The molecule has 2 aromatic heterocycles. The van der Waals surface area contributed by atoms with Crippen molar-refractivity contribution in [1.29, 1.82) is 0 Å². The molecule has 1 aliphatic heterocycles. The SMILES string of the molecule is Cc1nn2c(=O)c(=C3C(=O)N(CC(=O)Nc4ccccc4)c4ccccc43)sc2nc1=O. The van der Waals surface area contributed by atoms with Crippen molar-refractivity contribution in [2.24, 2.45) is 0 Å². The predicted molar refractivity (Wildman–Crippen MR) is 120 cm³/mol. The Morgan fingerprint density at radius 3 is 2.53 bits per heavy atom. The maximum absolute atomic E-state index is 13.4. The Hall–Kier alpha value is -4.18. The smallest absolute Gasteiger partial charge is 0.295 e. The van der Waals surface area contributed by atoms with Gasteiger partial charge in [0.15, 0.2) is 0 Å². The van der Waals surface area contributed by atoms with Crippen molar-refractivity contribution in [1.82, 2.24) is 14.6 Å². The standard InChI is InChI=1S/C22H15N5O4S/c1-12-19(29)24-22-27(25-12)21(31)18(32-22)17-14-9-5-6-10-15(14)26(20(17)30)11-16(28)23-13-7-3-2-4-8-13/h2-10H,11H2,1H3,(H,23,28). The molecule has 10 heteroatoms. The molecule has 0 radical (unpaired) electrons. The number of aromatic nitrogens is 3. The van der Waals surface area contributed by atoms with Gasteiger partial charge in [-0.25, -0.2) is 0 Å². The van der Waals surface area contributed by atoms with Crippen LogP contribution in [0.5, 0.6) is 0 Å². The third kappa shape index (κ3) is 3.17. The fourth-order valence-electron chi connectivity index (χ4n) is 3.56. The second-order valence-electron chi connectivity index (χ2n) is 7.13. The molecule has 0 saturated carbocycles. The molecule has 158 valence electrons. The van der Waals surface area contributed by atoms with Crippen LogP contribution >= 0.6 is 11.3 Å². The Morgan fingerprint density at radius 1 is 1.03 bits per heavy atom. The number of anilines is 2. The summed E-state index contributed by atoms with van der Waals surface area (Å²) in [5.41, 5.74) is 0.874. The van der Waals surface area contributed by atoms with Crippen molar-refractivity contribution in [3.63, 3.8) is 0 Å². The van der Waals surface area contributed by atoms with Gasteiger partial charge in [0.2, 0.25) is 10.9 Å². The third-order valence-corrected chi connectivity index (χ3v) is 6.06. The van der Waals surface area contributed by atoms with Crippen LogP contribution in [0.1, 0.15) is 11.3 Å². The number of nitrogens with one attached hydrogen (secondary N) is 1. The van der Waals surface area contributed by atoms with Crippen LogP contribution in [-0.4, -0.2) is 33.0 Å². The molecule has 1 N–H and O–H groups in total. The number of hydrogen-bond acceptors (Lipinski definition) is 7. The molecule has 4 aromatic rings. The van der Waals surface area contributed by atoms with Crippen LogP contribution in [0, 0.1) is 6.92 Å². The second kappa shape index (κ2) is 7.50. The lowest BCUT2D eigenvalue weighted by Gasteiger charge is -2.16. The maximum atomic E-state index is 13.4. The first kappa shape index (κ1) is 19.8. The highest BCUT2D eigenvalue weighted by Crippen LogP contribution is 2.35. The van der Waals surface area contributed by atoms with Crippen molar-refractivity contribution < 1.29 is 9.59 Å². The van der Waals surface area contributed by atoms with E-state index < -0.39 is 17.0 Å². The van der Waals surface area contributed by atoms with Crippen molar-refractivity contribution in [2.75, 3.05) is 16.8 Å². The van der Waals surface area contributed by atoms with Crippen LogP contribution in [0.15, 0.2) is 64.2 Å². The number of amides is 2. The lowest BCUT2D eigenvalue weighted by Crippen LogP contribution is -2.37. The highest BCUT2D eigenvalue weighted by atomic mass is 32.1. The van der Waals surface area contributed by atoms with E-state index in [0.717, 1.165) is 15.9 Å². The first-order valence-electron chi connectivity index (χ1n) is 9.65. The first-order chi connectivity index (χ1) is 15.4. The van der Waals surface area contributed by atoms with Crippen LogP contribution in [0.4, 0.5) is 11.4 Å². The first-order valence-corrected chi connectivity index (χ1v) is 10.5. The normalized spacial score (nSPS) is 14.7. The molecular formula is C22H15N5O4S. The molecular weight excluding hydrogens is 430 g/mol. The molecule has 2 aromatic carbocycles. The maximum Gasteiger partial charge on any atom is 0.295 e. The topological polar surface area (TPSA) is 114 Å². The predicted octanol–water partition coefficient (Wildman–Crippen LogP) is 0.723. The van der Waals surface area contributed by atoms with Gasteiger partial charge in [-0.1, -0.05) is 47.7 Å². The minimum Gasteiger partial charge on any atom is -0.325 e. The van der Waals surface area contributed by atoms with Crippen LogP contribution in [-0.2, 0) is 9.59 Å². The van der Waals surface area contributed by atoms with Gasteiger partial charge in [0.1, 0.15) is 16.8 Å². The molecule has 9 nitrogen and oxygen atoms in total. The van der Waals surface area contributed by atoms with E-state index in [1.165, 1.54) is 11.8 Å². The number of thiazole rings is 1. The fraction of sp³-hybridized carbons (Fsp3) is 0.0909. The summed E-state index contributed by atoms with van der Waals surface area (Å²) in [7, 11) is 0. The van der Waals surface area contributed by atoms with E-state index >= 15 is 0 Å². The highest BCUT2D eigenvalue weighted by Gasteiger charge is 2.35. The van der Waals surface area contributed by atoms with Crippen LogP contribution in [0.25, 0.3) is 10.5 Å². The van der Waals surface area contributed by atoms with E-state index in [0.29, 0.717) is 16.9 Å². The minimum absolute atomic E-state index is 0.0892. The van der Waals surface area contributed by atoms with Gasteiger partial charge in [0.05, 0.1) is 11.3 Å². The van der Waals surface area contributed by atoms with Crippen LogP contribution in [0.3, 0.4) is 0 Å². The quantitative estimate of drug-likeness (QED) is 0.497. The van der Waals surface area contributed by atoms with E-state index in [4.69, 9.17) is 0 Å². The lowest BCUT2D eigenvalue weighted by atomic mass is 10.1. The van der Waals surface area contributed by atoms with E-state index in [-0.39, 0.29) is 33.2 Å². The molecule has 1 aliphatic rings. The van der Waals surface area contributed by atoms with Gasteiger partial charge in [-0.15, -0.1) is 0 Å². The van der Waals surface area contributed by atoms with Gasteiger partial charge < -0.3 is 5.32 Å². The van der Waals surface area contributed by atoms with Crippen molar-refractivity contribution in [3.8, 4) is 0 Å².